The number of aliphatic imine (C=N–C) groups is 1. The summed E-state index contributed by atoms with van der Waals surface area (Å²) in [5, 5.41) is 6.96. The van der Waals surface area contributed by atoms with Gasteiger partial charge in [-0.3, -0.25) is 15.0 Å². The van der Waals surface area contributed by atoms with Crippen molar-refractivity contribution in [2.24, 2.45) is 4.99 Å². The van der Waals surface area contributed by atoms with Gasteiger partial charge in [0.1, 0.15) is 17.2 Å². The van der Waals surface area contributed by atoms with Crippen LogP contribution >= 0.6 is 0 Å². The summed E-state index contributed by atoms with van der Waals surface area (Å²) in [5.41, 5.74) is 13.8. The molecule has 0 aliphatic carbocycles. The summed E-state index contributed by atoms with van der Waals surface area (Å²) in [4.78, 5) is 13.7. The number of para-hydroxylation sites is 1. The number of rotatable bonds is 7. The SMILES string of the molecule is C1=C(c2ccc(-c3ccncc3)cc2)NC(c2ccncc2)=NC1c1cccc(-n2c3ccccc3c3c4oc(-c5ccccc5)c(-c5ccccc5)c4ccc32)c1. The molecule has 1 aliphatic heterocycles. The minimum Gasteiger partial charge on any atom is -0.455 e. The fourth-order valence-electron chi connectivity index (χ4n) is 8.34. The van der Waals surface area contributed by atoms with Crippen LogP contribution < -0.4 is 5.32 Å². The molecule has 6 nitrogen and oxygen atoms in total. The third-order valence-corrected chi connectivity index (χ3v) is 11.1. The van der Waals surface area contributed by atoms with Gasteiger partial charge in [0.15, 0.2) is 0 Å². The molecular formula is C52H35N5O. The number of amidine groups is 1. The molecule has 11 rings (SSSR count). The van der Waals surface area contributed by atoms with Crippen LogP contribution in [0.2, 0.25) is 0 Å². The zero-order valence-corrected chi connectivity index (χ0v) is 31.3. The molecule has 0 fully saturated rings. The second-order valence-electron chi connectivity index (χ2n) is 14.5. The highest BCUT2D eigenvalue weighted by atomic mass is 16.3. The fraction of sp³-hybridized carbons (Fsp3) is 0.0192. The molecule has 1 atom stereocenters. The Morgan fingerprint density at radius 3 is 1.91 bits per heavy atom. The van der Waals surface area contributed by atoms with Crippen molar-refractivity contribution in [2.75, 3.05) is 0 Å². The maximum Gasteiger partial charge on any atom is 0.145 e. The first kappa shape index (κ1) is 33.5. The quantitative estimate of drug-likeness (QED) is 0.176. The van der Waals surface area contributed by atoms with Crippen LogP contribution in [-0.4, -0.2) is 20.4 Å². The fourth-order valence-corrected chi connectivity index (χ4v) is 8.34. The van der Waals surface area contributed by atoms with E-state index in [2.05, 4.69) is 165 Å². The first-order valence-electron chi connectivity index (χ1n) is 19.4. The molecule has 0 saturated heterocycles. The number of hydrogen-bond acceptors (Lipinski definition) is 5. The second kappa shape index (κ2) is 14.0. The van der Waals surface area contributed by atoms with Crippen molar-refractivity contribution in [2.45, 2.75) is 6.04 Å². The number of furan rings is 1. The normalized spacial score (nSPS) is 14.0. The molecule has 0 spiro atoms. The lowest BCUT2D eigenvalue weighted by Gasteiger charge is -2.24. The molecule has 0 radical (unpaired) electrons. The van der Waals surface area contributed by atoms with Crippen LogP contribution in [0.15, 0.2) is 210 Å². The Bertz CT molecular complexity index is 3170. The van der Waals surface area contributed by atoms with Crippen LogP contribution in [0.3, 0.4) is 0 Å². The van der Waals surface area contributed by atoms with E-state index >= 15 is 0 Å². The first-order chi connectivity index (χ1) is 28.8. The molecule has 4 aromatic heterocycles. The van der Waals surface area contributed by atoms with Crippen molar-refractivity contribution >= 4 is 44.3 Å². The van der Waals surface area contributed by atoms with Gasteiger partial charge in [0.2, 0.25) is 0 Å². The van der Waals surface area contributed by atoms with Crippen molar-refractivity contribution in [3.05, 3.63) is 217 Å². The van der Waals surface area contributed by atoms with Crippen molar-refractivity contribution in [1.29, 1.82) is 0 Å². The molecule has 1 N–H and O–H groups in total. The van der Waals surface area contributed by atoms with Crippen molar-refractivity contribution in [3.63, 3.8) is 0 Å². The van der Waals surface area contributed by atoms with Gasteiger partial charge in [-0.15, -0.1) is 0 Å². The van der Waals surface area contributed by atoms with Crippen LogP contribution in [-0.2, 0) is 0 Å². The Kier molecular flexibility index (Phi) is 8.11. The largest absolute Gasteiger partial charge is 0.455 e. The smallest absolute Gasteiger partial charge is 0.145 e. The summed E-state index contributed by atoms with van der Waals surface area (Å²) in [6, 6.07) is 59.3. The molecule has 0 saturated carbocycles. The summed E-state index contributed by atoms with van der Waals surface area (Å²) in [6.07, 6.45) is 9.48. The van der Waals surface area contributed by atoms with Crippen LogP contribution in [0, 0.1) is 0 Å². The van der Waals surface area contributed by atoms with E-state index in [9.17, 15) is 0 Å². The number of nitrogens with one attached hydrogen (secondary N) is 1. The lowest BCUT2D eigenvalue weighted by molar-refractivity contribution is 0.636. The molecule has 1 unspecified atom stereocenters. The van der Waals surface area contributed by atoms with E-state index in [1.807, 2.05) is 42.7 Å². The van der Waals surface area contributed by atoms with E-state index in [0.717, 1.165) is 100 Å². The molecule has 6 heteroatoms. The molecule has 1 aliphatic rings. The van der Waals surface area contributed by atoms with Gasteiger partial charge in [-0.2, -0.15) is 0 Å². The highest BCUT2D eigenvalue weighted by Gasteiger charge is 2.24. The number of benzene rings is 6. The zero-order valence-electron chi connectivity index (χ0n) is 31.3. The Morgan fingerprint density at radius 1 is 0.500 bits per heavy atom. The van der Waals surface area contributed by atoms with Gasteiger partial charge in [-0.25, -0.2) is 0 Å². The maximum absolute atomic E-state index is 7.02. The van der Waals surface area contributed by atoms with Gasteiger partial charge in [0.25, 0.3) is 0 Å². The van der Waals surface area contributed by atoms with Gasteiger partial charge in [0, 0.05) is 63.6 Å². The summed E-state index contributed by atoms with van der Waals surface area (Å²) < 4.78 is 9.37. The summed E-state index contributed by atoms with van der Waals surface area (Å²) in [7, 11) is 0. The van der Waals surface area contributed by atoms with E-state index < -0.39 is 0 Å². The molecule has 0 bridgehead atoms. The Labute approximate surface area is 335 Å². The standard InChI is InChI=1S/C52H35N5O/c1-3-10-37(11-4-1)48-43-22-23-47-49(51(43)58-50(48)38-12-5-2-6-13-38)42-16-7-8-17-46(42)57(47)41-15-9-14-40(32-41)45-33-44(55-52(56-45)39-26-30-54-31-27-39)36-20-18-34(19-21-36)35-24-28-53-29-25-35/h1-33,45H,(H,55,56). The molecule has 6 aromatic carbocycles. The predicted octanol–water partition coefficient (Wildman–Crippen LogP) is 12.5. The number of hydrogen-bond donors (Lipinski definition) is 1. The summed E-state index contributed by atoms with van der Waals surface area (Å²) >= 11 is 0. The topological polar surface area (TPSA) is 68.2 Å². The minimum atomic E-state index is -0.244. The van der Waals surface area contributed by atoms with Crippen molar-refractivity contribution in [3.8, 4) is 39.3 Å². The third-order valence-electron chi connectivity index (χ3n) is 11.1. The van der Waals surface area contributed by atoms with E-state index in [1.165, 1.54) is 0 Å². The lowest BCUT2D eigenvalue weighted by atomic mass is 9.98. The highest BCUT2D eigenvalue weighted by Crippen LogP contribution is 2.46. The van der Waals surface area contributed by atoms with Gasteiger partial charge < -0.3 is 14.3 Å². The number of fused-ring (bicyclic) bond motifs is 5. The van der Waals surface area contributed by atoms with Gasteiger partial charge in [0.05, 0.1) is 22.5 Å². The first-order valence-corrected chi connectivity index (χ1v) is 19.4. The Hall–Kier alpha value is -7.83. The summed E-state index contributed by atoms with van der Waals surface area (Å²) in [5.74, 6) is 1.67. The minimum absolute atomic E-state index is 0.244. The van der Waals surface area contributed by atoms with E-state index in [-0.39, 0.29) is 6.04 Å². The molecular weight excluding hydrogens is 711 g/mol. The third kappa shape index (κ3) is 5.78. The summed E-state index contributed by atoms with van der Waals surface area (Å²) in [6.45, 7) is 0. The van der Waals surface area contributed by atoms with E-state index in [4.69, 9.17) is 9.41 Å². The number of nitrogens with zero attached hydrogens (tertiary/aromatic N) is 4. The predicted molar refractivity (Wildman–Crippen MR) is 236 cm³/mol. The van der Waals surface area contributed by atoms with Crippen LogP contribution in [0.5, 0.6) is 0 Å². The highest BCUT2D eigenvalue weighted by molar-refractivity contribution is 6.22. The van der Waals surface area contributed by atoms with Crippen LogP contribution in [0.1, 0.15) is 22.7 Å². The van der Waals surface area contributed by atoms with Crippen molar-refractivity contribution in [1.82, 2.24) is 19.9 Å². The van der Waals surface area contributed by atoms with Gasteiger partial charge in [-0.1, -0.05) is 115 Å². The lowest BCUT2D eigenvalue weighted by Crippen LogP contribution is -2.27. The molecule has 274 valence electrons. The van der Waals surface area contributed by atoms with Crippen LogP contribution in [0.4, 0.5) is 0 Å². The molecule has 10 aromatic rings. The van der Waals surface area contributed by atoms with E-state index in [0.29, 0.717) is 0 Å². The Balaban J connectivity index is 1.06. The average Bonchev–Trinajstić information content (AvgIpc) is 3.87. The average molecular weight is 746 g/mol. The van der Waals surface area contributed by atoms with Crippen LogP contribution in [0.25, 0.3) is 77.7 Å². The maximum atomic E-state index is 7.02. The zero-order chi connectivity index (χ0) is 38.4. The van der Waals surface area contributed by atoms with Gasteiger partial charge >= 0.3 is 0 Å². The molecule has 58 heavy (non-hydrogen) atoms. The van der Waals surface area contributed by atoms with Crippen molar-refractivity contribution < 1.29 is 4.42 Å². The van der Waals surface area contributed by atoms with Gasteiger partial charge in [-0.05, 0) is 88.5 Å². The van der Waals surface area contributed by atoms with E-state index in [1.54, 1.807) is 12.4 Å². The second-order valence-corrected chi connectivity index (χ2v) is 14.5. The number of aromatic nitrogens is 3. The molecule has 5 heterocycles. The number of pyridine rings is 2. The monoisotopic (exact) mass is 745 g/mol. The molecule has 0 amide bonds. The Morgan fingerprint density at radius 2 is 1.16 bits per heavy atom.